The summed E-state index contributed by atoms with van der Waals surface area (Å²) in [4.78, 5) is 27.1. The topological polar surface area (TPSA) is 124 Å². The maximum Gasteiger partial charge on any atom is 0.324 e. The molecule has 1 heterocycles. The van der Waals surface area contributed by atoms with Crippen molar-refractivity contribution in [2.24, 2.45) is 0 Å². The van der Waals surface area contributed by atoms with Gasteiger partial charge in [0.15, 0.2) is 5.13 Å². The van der Waals surface area contributed by atoms with Crippen LogP contribution in [0.3, 0.4) is 0 Å². The van der Waals surface area contributed by atoms with Gasteiger partial charge in [-0.25, -0.2) is 13.4 Å². The average Bonchev–Trinajstić information content (AvgIpc) is 3.05. The van der Waals surface area contributed by atoms with E-state index in [0.717, 1.165) is 0 Å². The number of nitrogens with one attached hydrogen (secondary N) is 2. The number of sulfonamides is 1. The van der Waals surface area contributed by atoms with Gasteiger partial charge in [0, 0.05) is 12.3 Å². The van der Waals surface area contributed by atoms with Crippen molar-refractivity contribution in [3.05, 3.63) is 35.3 Å². The molecule has 1 aromatic heterocycles. The van der Waals surface area contributed by atoms with E-state index in [1.165, 1.54) is 56.6 Å². The summed E-state index contributed by atoms with van der Waals surface area (Å²) in [7, 11) is -2.42. The monoisotopic (exact) mass is 413 g/mol. The van der Waals surface area contributed by atoms with Crippen LogP contribution in [-0.2, 0) is 31.0 Å². The van der Waals surface area contributed by atoms with Gasteiger partial charge in [-0.2, -0.15) is 4.72 Å². The van der Waals surface area contributed by atoms with Gasteiger partial charge in [0.25, 0.3) is 0 Å². The highest BCUT2D eigenvalue weighted by Gasteiger charge is 2.23. The van der Waals surface area contributed by atoms with E-state index in [1.807, 2.05) is 0 Å². The standard InChI is InChI=1S/C16H19N3O6S2/c1-10(19-27(22,23)14-6-4-13(24-3)5-7-14)15(21)25-8-12-9-26-16(18-12)17-11(2)20/h4-7,9-10,19H,8H2,1-3H3,(H,17,18,20)/t10-/m0/s1. The zero-order valence-electron chi connectivity index (χ0n) is 14.9. The number of ether oxygens (including phenoxy) is 2. The maximum atomic E-state index is 12.3. The van der Waals surface area contributed by atoms with E-state index in [0.29, 0.717) is 16.6 Å². The molecule has 2 rings (SSSR count). The minimum absolute atomic E-state index is 0.00222. The number of amides is 1. The van der Waals surface area contributed by atoms with E-state index in [9.17, 15) is 18.0 Å². The molecule has 0 saturated heterocycles. The van der Waals surface area contributed by atoms with Crippen LogP contribution in [0.25, 0.3) is 0 Å². The molecule has 0 aliphatic rings. The lowest BCUT2D eigenvalue weighted by molar-refractivity contribution is -0.146. The number of carbonyl (C=O) groups is 2. The first-order valence-electron chi connectivity index (χ1n) is 7.76. The molecule has 0 radical (unpaired) electrons. The lowest BCUT2D eigenvalue weighted by Gasteiger charge is -2.13. The number of rotatable bonds is 8. The van der Waals surface area contributed by atoms with E-state index in [2.05, 4.69) is 15.0 Å². The number of esters is 1. The van der Waals surface area contributed by atoms with Gasteiger partial charge < -0.3 is 14.8 Å². The van der Waals surface area contributed by atoms with E-state index in [-0.39, 0.29) is 17.4 Å². The Morgan fingerprint density at radius 3 is 2.52 bits per heavy atom. The van der Waals surface area contributed by atoms with Gasteiger partial charge >= 0.3 is 5.97 Å². The summed E-state index contributed by atoms with van der Waals surface area (Å²) in [6.45, 7) is 2.61. The van der Waals surface area contributed by atoms with E-state index < -0.39 is 22.0 Å². The van der Waals surface area contributed by atoms with Gasteiger partial charge in [-0.05, 0) is 31.2 Å². The van der Waals surface area contributed by atoms with Gasteiger partial charge in [-0.3, -0.25) is 9.59 Å². The zero-order valence-corrected chi connectivity index (χ0v) is 16.5. The summed E-state index contributed by atoms with van der Waals surface area (Å²) in [5.74, 6) is -0.487. The van der Waals surface area contributed by atoms with Gasteiger partial charge in [0.05, 0.1) is 17.7 Å². The Kier molecular flexibility index (Phi) is 6.88. The number of carbonyl (C=O) groups excluding carboxylic acids is 2. The molecule has 2 N–H and O–H groups in total. The first-order valence-corrected chi connectivity index (χ1v) is 10.1. The lowest BCUT2D eigenvalue weighted by Crippen LogP contribution is -2.39. The van der Waals surface area contributed by atoms with Gasteiger partial charge in [-0.1, -0.05) is 0 Å². The second-order valence-electron chi connectivity index (χ2n) is 5.45. The fourth-order valence-electron chi connectivity index (χ4n) is 1.96. The van der Waals surface area contributed by atoms with Crippen molar-refractivity contribution in [3.63, 3.8) is 0 Å². The molecule has 146 valence electrons. The predicted octanol–water partition coefficient (Wildman–Crippen LogP) is 1.52. The molecule has 0 bridgehead atoms. The first kappa shape index (κ1) is 20.8. The van der Waals surface area contributed by atoms with Crippen molar-refractivity contribution >= 4 is 38.4 Å². The number of anilines is 1. The van der Waals surface area contributed by atoms with Crippen molar-refractivity contribution in [1.82, 2.24) is 9.71 Å². The largest absolute Gasteiger partial charge is 0.497 e. The third-order valence-electron chi connectivity index (χ3n) is 3.25. The Morgan fingerprint density at radius 1 is 1.26 bits per heavy atom. The molecule has 1 amide bonds. The second-order valence-corrected chi connectivity index (χ2v) is 8.02. The molecule has 9 nitrogen and oxygen atoms in total. The van der Waals surface area contributed by atoms with E-state index in [4.69, 9.17) is 9.47 Å². The molecular weight excluding hydrogens is 394 g/mol. The highest BCUT2D eigenvalue weighted by Crippen LogP contribution is 2.17. The van der Waals surface area contributed by atoms with E-state index in [1.54, 1.807) is 5.38 Å². The molecule has 1 aromatic carbocycles. The quantitative estimate of drug-likeness (QED) is 0.629. The average molecular weight is 413 g/mol. The lowest BCUT2D eigenvalue weighted by atomic mass is 10.3. The maximum absolute atomic E-state index is 12.3. The van der Waals surface area contributed by atoms with Crippen molar-refractivity contribution in [3.8, 4) is 5.75 Å². The summed E-state index contributed by atoms with van der Waals surface area (Å²) < 4.78 is 36.9. The molecule has 0 aliphatic heterocycles. The molecule has 11 heteroatoms. The zero-order chi connectivity index (χ0) is 20.0. The van der Waals surface area contributed by atoms with Gasteiger partial charge in [0.1, 0.15) is 18.4 Å². The highest BCUT2D eigenvalue weighted by molar-refractivity contribution is 7.89. The Balaban J connectivity index is 1.92. The number of methoxy groups -OCH3 is 1. The van der Waals surface area contributed by atoms with Crippen LogP contribution in [0.5, 0.6) is 5.75 Å². The number of nitrogens with zero attached hydrogens (tertiary/aromatic N) is 1. The molecule has 0 unspecified atom stereocenters. The minimum atomic E-state index is -3.89. The van der Waals surface area contributed by atoms with Crippen molar-refractivity contribution in [1.29, 1.82) is 0 Å². The van der Waals surface area contributed by atoms with Crippen LogP contribution >= 0.6 is 11.3 Å². The molecule has 2 aromatic rings. The smallest absolute Gasteiger partial charge is 0.324 e. The summed E-state index contributed by atoms with van der Waals surface area (Å²) in [5.41, 5.74) is 0.447. The summed E-state index contributed by atoms with van der Waals surface area (Å²) in [6.07, 6.45) is 0. The van der Waals surface area contributed by atoms with Gasteiger partial charge in [0.2, 0.25) is 15.9 Å². The number of thiazole rings is 1. The number of hydrogen-bond donors (Lipinski definition) is 2. The van der Waals surface area contributed by atoms with Crippen molar-refractivity contribution in [2.75, 3.05) is 12.4 Å². The number of benzene rings is 1. The van der Waals surface area contributed by atoms with Crippen LogP contribution in [0.1, 0.15) is 19.5 Å². The molecule has 1 atom stereocenters. The fraction of sp³-hybridized carbons (Fsp3) is 0.312. The summed E-state index contributed by atoms with van der Waals surface area (Å²) >= 11 is 1.19. The summed E-state index contributed by atoms with van der Waals surface area (Å²) in [6, 6.07) is 4.67. The number of hydrogen-bond acceptors (Lipinski definition) is 8. The third kappa shape index (κ3) is 6.01. The Bertz CT molecular complexity index is 908. The summed E-state index contributed by atoms with van der Waals surface area (Å²) in [5, 5.41) is 4.54. The molecule has 0 aliphatic carbocycles. The SMILES string of the molecule is COc1ccc(S(=O)(=O)N[C@@H](C)C(=O)OCc2csc(NC(C)=O)n2)cc1. The van der Waals surface area contributed by atoms with Crippen LogP contribution < -0.4 is 14.8 Å². The first-order chi connectivity index (χ1) is 12.7. The Labute approximate surface area is 160 Å². The van der Waals surface area contributed by atoms with Crippen LogP contribution in [0, 0.1) is 0 Å². The molecule has 0 spiro atoms. The van der Waals surface area contributed by atoms with Crippen LogP contribution in [-0.4, -0.2) is 38.4 Å². The van der Waals surface area contributed by atoms with Crippen LogP contribution in [0.4, 0.5) is 5.13 Å². The Morgan fingerprint density at radius 2 is 1.93 bits per heavy atom. The van der Waals surface area contributed by atoms with Crippen molar-refractivity contribution in [2.45, 2.75) is 31.4 Å². The molecular formula is C16H19N3O6S2. The molecule has 27 heavy (non-hydrogen) atoms. The van der Waals surface area contributed by atoms with Crippen LogP contribution in [0.15, 0.2) is 34.5 Å². The Hall–Kier alpha value is -2.50. The number of aromatic nitrogens is 1. The normalized spacial score (nSPS) is 12.3. The fourth-order valence-corrected chi connectivity index (χ4v) is 3.89. The van der Waals surface area contributed by atoms with Gasteiger partial charge in [-0.15, -0.1) is 11.3 Å². The highest BCUT2D eigenvalue weighted by atomic mass is 32.2. The molecule has 0 saturated carbocycles. The van der Waals surface area contributed by atoms with Crippen LogP contribution in [0.2, 0.25) is 0 Å². The second kappa shape index (κ2) is 8.93. The predicted molar refractivity (Wildman–Crippen MR) is 99.0 cm³/mol. The third-order valence-corrected chi connectivity index (χ3v) is 5.62. The van der Waals surface area contributed by atoms with E-state index >= 15 is 0 Å². The minimum Gasteiger partial charge on any atom is -0.497 e. The van der Waals surface area contributed by atoms with Crippen molar-refractivity contribution < 1.29 is 27.5 Å². The molecule has 0 fully saturated rings.